The number of phenols is 1. The molecule has 2 aromatic rings. The minimum Gasteiger partial charge on any atom is -0.507 e. The van der Waals surface area contributed by atoms with Crippen LogP contribution in [0.25, 0.3) is 6.08 Å². The Balaban J connectivity index is 2.24. The summed E-state index contributed by atoms with van der Waals surface area (Å²) in [6.45, 7) is 4.91. The molecule has 0 aliphatic carbocycles. The van der Waals surface area contributed by atoms with E-state index in [1.807, 2.05) is 26.0 Å². The maximum atomic E-state index is 12.2. The maximum Gasteiger partial charge on any atom is 0.189 e. The molecule has 0 bridgehead atoms. The Labute approximate surface area is 136 Å². The van der Waals surface area contributed by atoms with E-state index in [9.17, 15) is 9.90 Å². The maximum absolute atomic E-state index is 12.2. The summed E-state index contributed by atoms with van der Waals surface area (Å²) >= 11 is 0. The van der Waals surface area contributed by atoms with Crippen LogP contribution in [-0.2, 0) is 0 Å². The molecule has 0 spiro atoms. The number of phenolic OH excluding ortho intramolecular Hbond substituents is 1. The van der Waals surface area contributed by atoms with Crippen LogP contribution in [0.2, 0.25) is 0 Å². The molecule has 0 aliphatic heterocycles. The van der Waals surface area contributed by atoms with Crippen molar-refractivity contribution in [1.29, 1.82) is 0 Å². The van der Waals surface area contributed by atoms with Gasteiger partial charge in [-0.15, -0.1) is 0 Å². The third-order valence-electron chi connectivity index (χ3n) is 3.18. The van der Waals surface area contributed by atoms with Crippen LogP contribution < -0.4 is 9.47 Å². The van der Waals surface area contributed by atoms with E-state index in [0.717, 1.165) is 11.3 Å². The average Bonchev–Trinajstić information content (AvgIpc) is 2.55. The first-order chi connectivity index (χ1) is 11.2. The van der Waals surface area contributed by atoms with Gasteiger partial charge in [-0.05, 0) is 50.3 Å². The number of benzene rings is 2. The van der Waals surface area contributed by atoms with Crippen LogP contribution in [0.3, 0.4) is 0 Å². The van der Waals surface area contributed by atoms with Gasteiger partial charge in [0, 0.05) is 11.6 Å². The molecule has 0 saturated heterocycles. The Bertz CT molecular complexity index is 704. The van der Waals surface area contributed by atoms with Gasteiger partial charge in [-0.2, -0.15) is 0 Å². The Morgan fingerprint density at radius 2 is 1.83 bits per heavy atom. The zero-order valence-electron chi connectivity index (χ0n) is 13.3. The van der Waals surface area contributed by atoms with Gasteiger partial charge in [-0.1, -0.05) is 12.1 Å². The molecular weight excluding hydrogens is 292 g/mol. The standard InChI is InChI=1S/C19H20O4/c1-3-22-15-11-9-14(19(13-15)23-4-2)10-12-18(21)16-7-5-6-8-17(16)20/h5-13,20H,3-4H2,1-2H3/b12-10+. The van der Waals surface area contributed by atoms with Gasteiger partial charge in [0.25, 0.3) is 0 Å². The lowest BCUT2D eigenvalue weighted by molar-refractivity contribution is 0.104. The van der Waals surface area contributed by atoms with Gasteiger partial charge in [-0.25, -0.2) is 0 Å². The van der Waals surface area contributed by atoms with E-state index < -0.39 is 0 Å². The van der Waals surface area contributed by atoms with E-state index in [0.29, 0.717) is 19.0 Å². The summed E-state index contributed by atoms with van der Waals surface area (Å²) in [5.74, 6) is 1.08. The van der Waals surface area contributed by atoms with E-state index >= 15 is 0 Å². The zero-order valence-corrected chi connectivity index (χ0v) is 13.3. The van der Waals surface area contributed by atoms with Crippen molar-refractivity contribution in [2.75, 3.05) is 13.2 Å². The van der Waals surface area contributed by atoms with Crippen LogP contribution in [0.15, 0.2) is 48.5 Å². The lowest BCUT2D eigenvalue weighted by atomic mass is 10.1. The van der Waals surface area contributed by atoms with Crippen LogP contribution in [0, 0.1) is 0 Å². The zero-order chi connectivity index (χ0) is 16.7. The van der Waals surface area contributed by atoms with Crippen LogP contribution in [0.4, 0.5) is 0 Å². The van der Waals surface area contributed by atoms with Crippen molar-refractivity contribution in [1.82, 2.24) is 0 Å². The highest BCUT2D eigenvalue weighted by Gasteiger charge is 2.08. The molecule has 4 nitrogen and oxygen atoms in total. The number of carbonyl (C=O) groups is 1. The minimum absolute atomic E-state index is 0.0288. The molecule has 0 aromatic heterocycles. The van der Waals surface area contributed by atoms with Crippen molar-refractivity contribution in [3.63, 3.8) is 0 Å². The lowest BCUT2D eigenvalue weighted by Crippen LogP contribution is -1.98. The molecule has 0 aliphatic rings. The molecule has 1 N–H and O–H groups in total. The van der Waals surface area contributed by atoms with Crippen LogP contribution in [0.1, 0.15) is 29.8 Å². The van der Waals surface area contributed by atoms with E-state index in [2.05, 4.69) is 0 Å². The third kappa shape index (κ3) is 4.36. The first-order valence-corrected chi connectivity index (χ1v) is 7.55. The number of para-hydroxylation sites is 1. The highest BCUT2D eigenvalue weighted by molar-refractivity contribution is 6.08. The van der Waals surface area contributed by atoms with E-state index in [4.69, 9.17) is 9.47 Å². The number of aromatic hydroxyl groups is 1. The fraction of sp³-hybridized carbons (Fsp3) is 0.211. The summed E-state index contributed by atoms with van der Waals surface area (Å²) in [5.41, 5.74) is 1.05. The molecule has 0 atom stereocenters. The van der Waals surface area contributed by atoms with Gasteiger partial charge in [0.05, 0.1) is 18.8 Å². The number of hydrogen-bond donors (Lipinski definition) is 1. The quantitative estimate of drug-likeness (QED) is 0.618. The average molecular weight is 312 g/mol. The van der Waals surface area contributed by atoms with Gasteiger partial charge in [0.2, 0.25) is 0 Å². The molecule has 0 saturated carbocycles. The summed E-state index contributed by atoms with van der Waals surface area (Å²) in [5, 5.41) is 9.72. The molecule has 2 aromatic carbocycles. The smallest absolute Gasteiger partial charge is 0.189 e. The molecule has 0 radical (unpaired) electrons. The number of hydrogen-bond acceptors (Lipinski definition) is 4. The number of carbonyl (C=O) groups excluding carboxylic acids is 1. The topological polar surface area (TPSA) is 55.8 Å². The Kier molecular flexibility index (Phi) is 5.80. The predicted molar refractivity (Wildman–Crippen MR) is 90.3 cm³/mol. The summed E-state index contributed by atoms with van der Waals surface area (Å²) < 4.78 is 11.0. The molecule has 23 heavy (non-hydrogen) atoms. The minimum atomic E-state index is -0.264. The van der Waals surface area contributed by atoms with Gasteiger partial charge in [-0.3, -0.25) is 4.79 Å². The highest BCUT2D eigenvalue weighted by Crippen LogP contribution is 2.27. The monoisotopic (exact) mass is 312 g/mol. The van der Waals surface area contributed by atoms with Gasteiger partial charge in [0.1, 0.15) is 17.2 Å². The number of ketones is 1. The van der Waals surface area contributed by atoms with Crippen LogP contribution in [-0.4, -0.2) is 24.1 Å². The highest BCUT2D eigenvalue weighted by atomic mass is 16.5. The summed E-state index contributed by atoms with van der Waals surface area (Å²) in [7, 11) is 0. The van der Waals surface area contributed by atoms with Crippen molar-refractivity contribution in [3.8, 4) is 17.2 Å². The molecule has 0 unspecified atom stereocenters. The fourth-order valence-electron chi connectivity index (χ4n) is 2.13. The van der Waals surface area contributed by atoms with E-state index in [-0.39, 0.29) is 17.1 Å². The Morgan fingerprint density at radius 3 is 2.52 bits per heavy atom. The van der Waals surface area contributed by atoms with E-state index in [1.165, 1.54) is 12.1 Å². The van der Waals surface area contributed by atoms with Gasteiger partial charge < -0.3 is 14.6 Å². The van der Waals surface area contributed by atoms with Crippen molar-refractivity contribution in [2.45, 2.75) is 13.8 Å². The second-order valence-electron chi connectivity index (χ2n) is 4.78. The number of rotatable bonds is 7. The Morgan fingerprint density at radius 1 is 1.09 bits per heavy atom. The van der Waals surface area contributed by atoms with Gasteiger partial charge in [0.15, 0.2) is 5.78 Å². The van der Waals surface area contributed by atoms with Crippen LogP contribution >= 0.6 is 0 Å². The van der Waals surface area contributed by atoms with Gasteiger partial charge >= 0.3 is 0 Å². The molecule has 0 fully saturated rings. The predicted octanol–water partition coefficient (Wildman–Crippen LogP) is 4.09. The number of ether oxygens (including phenoxy) is 2. The first kappa shape index (κ1) is 16.6. The molecule has 0 heterocycles. The molecule has 120 valence electrons. The van der Waals surface area contributed by atoms with Crippen molar-refractivity contribution in [2.24, 2.45) is 0 Å². The molecule has 4 heteroatoms. The first-order valence-electron chi connectivity index (χ1n) is 7.55. The normalized spacial score (nSPS) is 10.7. The van der Waals surface area contributed by atoms with Crippen molar-refractivity contribution < 1.29 is 19.4 Å². The SMILES string of the molecule is CCOc1ccc(/C=C/C(=O)c2ccccc2O)c(OCC)c1. The molecule has 2 rings (SSSR count). The fourth-order valence-corrected chi connectivity index (χ4v) is 2.13. The van der Waals surface area contributed by atoms with Crippen molar-refractivity contribution in [3.05, 3.63) is 59.7 Å². The summed E-state index contributed by atoms with van der Waals surface area (Å²) in [6.07, 6.45) is 3.10. The van der Waals surface area contributed by atoms with Crippen LogP contribution in [0.5, 0.6) is 17.2 Å². The number of allylic oxidation sites excluding steroid dienone is 1. The molecule has 0 amide bonds. The third-order valence-corrected chi connectivity index (χ3v) is 3.18. The van der Waals surface area contributed by atoms with Crippen molar-refractivity contribution >= 4 is 11.9 Å². The second-order valence-corrected chi connectivity index (χ2v) is 4.78. The van der Waals surface area contributed by atoms with E-state index in [1.54, 1.807) is 30.3 Å². The summed E-state index contributed by atoms with van der Waals surface area (Å²) in [4.78, 5) is 12.2. The largest absolute Gasteiger partial charge is 0.507 e. The summed E-state index contributed by atoms with van der Waals surface area (Å²) in [6, 6.07) is 11.9. The lowest BCUT2D eigenvalue weighted by Gasteiger charge is -2.10. The second kappa shape index (κ2) is 8.03. The Hall–Kier alpha value is -2.75. The molecular formula is C19H20O4.